The highest BCUT2D eigenvalue weighted by molar-refractivity contribution is 7.89. The Morgan fingerprint density at radius 2 is 1.36 bits per heavy atom. The molecule has 134 valence electrons. The molecule has 0 aliphatic carbocycles. The molecule has 2 N–H and O–H groups in total. The van der Waals surface area contributed by atoms with Gasteiger partial charge in [0.2, 0.25) is 15.9 Å². The number of carbonyl (C=O) groups is 1. The van der Waals surface area contributed by atoms with Gasteiger partial charge in [-0.15, -0.1) is 0 Å². The minimum Gasteiger partial charge on any atom is -0.325 e. The molecule has 1 atom stereocenters. The first-order chi connectivity index (χ1) is 11.7. The summed E-state index contributed by atoms with van der Waals surface area (Å²) >= 11 is 0. The van der Waals surface area contributed by atoms with Crippen LogP contribution < -0.4 is 10.0 Å². The van der Waals surface area contributed by atoms with Crippen molar-refractivity contribution in [3.8, 4) is 0 Å². The van der Waals surface area contributed by atoms with Crippen LogP contribution in [0.2, 0.25) is 0 Å². The number of aryl methyl sites for hydroxylation is 2. The number of hydrogen-bond donors (Lipinski definition) is 2. The van der Waals surface area contributed by atoms with Gasteiger partial charge in [0, 0.05) is 5.69 Å². The highest BCUT2D eigenvalue weighted by atomic mass is 32.2. The molecule has 0 aliphatic rings. The molecule has 5 nitrogen and oxygen atoms in total. The zero-order valence-electron chi connectivity index (χ0n) is 14.9. The van der Waals surface area contributed by atoms with E-state index in [4.69, 9.17) is 0 Å². The number of carbonyl (C=O) groups excluding carboxylic acids is 1. The SMILES string of the molecule is Cc1ccc(NC(=O)[C@H](NS(=O)(=O)c2ccc(C)cc2)C(C)C)cc1. The molecule has 2 aromatic carbocycles. The first-order valence-electron chi connectivity index (χ1n) is 8.15. The van der Waals surface area contributed by atoms with Gasteiger partial charge in [0.05, 0.1) is 4.90 Å². The number of anilines is 1. The predicted molar refractivity (Wildman–Crippen MR) is 99.9 cm³/mol. The van der Waals surface area contributed by atoms with Crippen LogP contribution in [0, 0.1) is 19.8 Å². The van der Waals surface area contributed by atoms with Gasteiger partial charge in [0.25, 0.3) is 0 Å². The van der Waals surface area contributed by atoms with E-state index in [2.05, 4.69) is 10.0 Å². The average molecular weight is 360 g/mol. The monoisotopic (exact) mass is 360 g/mol. The molecular weight excluding hydrogens is 336 g/mol. The van der Waals surface area contributed by atoms with Crippen LogP contribution in [0.15, 0.2) is 53.4 Å². The minimum atomic E-state index is -3.78. The number of rotatable bonds is 6. The highest BCUT2D eigenvalue weighted by Gasteiger charge is 2.28. The fourth-order valence-corrected chi connectivity index (χ4v) is 3.65. The Hall–Kier alpha value is -2.18. The minimum absolute atomic E-state index is 0.145. The van der Waals surface area contributed by atoms with E-state index in [9.17, 15) is 13.2 Å². The largest absolute Gasteiger partial charge is 0.325 e. The first kappa shape index (κ1) is 19.1. The Morgan fingerprint density at radius 3 is 1.84 bits per heavy atom. The molecule has 2 aromatic rings. The zero-order chi connectivity index (χ0) is 18.6. The molecule has 0 aromatic heterocycles. The van der Waals surface area contributed by atoms with Gasteiger partial charge in [-0.1, -0.05) is 49.2 Å². The van der Waals surface area contributed by atoms with E-state index in [0.717, 1.165) is 11.1 Å². The lowest BCUT2D eigenvalue weighted by Crippen LogP contribution is -2.47. The van der Waals surface area contributed by atoms with E-state index in [-0.39, 0.29) is 16.7 Å². The van der Waals surface area contributed by atoms with Crippen LogP contribution in [0.4, 0.5) is 5.69 Å². The third-order valence-corrected chi connectivity index (χ3v) is 5.34. The smallest absolute Gasteiger partial charge is 0.242 e. The molecular formula is C19H24N2O3S. The van der Waals surface area contributed by atoms with Crippen molar-refractivity contribution < 1.29 is 13.2 Å². The number of amides is 1. The topological polar surface area (TPSA) is 75.3 Å². The van der Waals surface area contributed by atoms with E-state index < -0.39 is 16.1 Å². The maximum atomic E-state index is 12.6. The van der Waals surface area contributed by atoms with Crippen LogP contribution in [0.3, 0.4) is 0 Å². The van der Waals surface area contributed by atoms with E-state index in [1.165, 1.54) is 12.1 Å². The molecule has 2 rings (SSSR count). The van der Waals surface area contributed by atoms with E-state index in [1.54, 1.807) is 38.1 Å². The number of hydrogen-bond acceptors (Lipinski definition) is 3. The normalized spacial score (nSPS) is 12.8. The standard InChI is InChI=1S/C19H24N2O3S/c1-13(2)18(19(22)20-16-9-5-14(3)6-10-16)21-25(23,24)17-11-7-15(4)8-12-17/h5-13,18,21H,1-4H3,(H,20,22)/t18-/m1/s1. The number of benzene rings is 2. The molecule has 0 saturated heterocycles. The summed E-state index contributed by atoms with van der Waals surface area (Å²) in [6, 6.07) is 13.0. The quantitative estimate of drug-likeness (QED) is 0.830. The Kier molecular flexibility index (Phi) is 5.98. The second-order valence-corrected chi connectivity index (χ2v) is 8.23. The second kappa shape index (κ2) is 7.80. The molecule has 0 radical (unpaired) electrons. The maximum absolute atomic E-state index is 12.6. The lowest BCUT2D eigenvalue weighted by atomic mass is 10.0. The van der Waals surface area contributed by atoms with E-state index >= 15 is 0 Å². The molecule has 0 spiro atoms. The zero-order valence-corrected chi connectivity index (χ0v) is 15.7. The van der Waals surface area contributed by atoms with Gasteiger partial charge >= 0.3 is 0 Å². The molecule has 0 bridgehead atoms. The summed E-state index contributed by atoms with van der Waals surface area (Å²) in [5.74, 6) is -0.583. The summed E-state index contributed by atoms with van der Waals surface area (Å²) in [5, 5.41) is 2.77. The van der Waals surface area contributed by atoms with Crippen LogP contribution in [-0.4, -0.2) is 20.4 Å². The molecule has 0 saturated carbocycles. The molecule has 25 heavy (non-hydrogen) atoms. The average Bonchev–Trinajstić information content (AvgIpc) is 2.55. The van der Waals surface area contributed by atoms with Crippen molar-refractivity contribution in [2.24, 2.45) is 5.92 Å². The molecule has 6 heteroatoms. The van der Waals surface area contributed by atoms with Gasteiger partial charge in [-0.3, -0.25) is 4.79 Å². The van der Waals surface area contributed by atoms with Crippen LogP contribution in [0.1, 0.15) is 25.0 Å². The van der Waals surface area contributed by atoms with Gasteiger partial charge in [-0.25, -0.2) is 8.42 Å². The Balaban J connectivity index is 2.18. The molecule has 0 aliphatic heterocycles. The van der Waals surface area contributed by atoms with Crippen LogP contribution in [0.25, 0.3) is 0 Å². The highest BCUT2D eigenvalue weighted by Crippen LogP contribution is 2.15. The Bertz CT molecular complexity index is 826. The van der Waals surface area contributed by atoms with Crippen molar-refractivity contribution in [2.45, 2.75) is 38.6 Å². The summed E-state index contributed by atoms with van der Waals surface area (Å²) < 4.78 is 27.7. The fraction of sp³-hybridized carbons (Fsp3) is 0.316. The first-order valence-corrected chi connectivity index (χ1v) is 9.64. The van der Waals surface area contributed by atoms with Crippen molar-refractivity contribution in [1.29, 1.82) is 0 Å². The van der Waals surface area contributed by atoms with Gasteiger partial charge in [-0.2, -0.15) is 4.72 Å². The summed E-state index contributed by atoms with van der Waals surface area (Å²) in [6.07, 6.45) is 0. The van der Waals surface area contributed by atoms with E-state index in [1.807, 2.05) is 26.0 Å². The van der Waals surface area contributed by atoms with Crippen LogP contribution in [-0.2, 0) is 14.8 Å². The van der Waals surface area contributed by atoms with Gasteiger partial charge < -0.3 is 5.32 Å². The van der Waals surface area contributed by atoms with Crippen molar-refractivity contribution in [1.82, 2.24) is 4.72 Å². The van der Waals surface area contributed by atoms with Gasteiger partial charge in [0.15, 0.2) is 0 Å². The summed E-state index contributed by atoms with van der Waals surface area (Å²) in [6.45, 7) is 7.45. The molecule has 1 amide bonds. The summed E-state index contributed by atoms with van der Waals surface area (Å²) in [5.41, 5.74) is 2.69. The number of nitrogens with one attached hydrogen (secondary N) is 2. The van der Waals surface area contributed by atoms with Crippen molar-refractivity contribution in [3.05, 3.63) is 59.7 Å². The summed E-state index contributed by atoms with van der Waals surface area (Å²) in [7, 11) is -3.78. The third-order valence-electron chi connectivity index (χ3n) is 3.88. The molecule has 0 heterocycles. The molecule has 0 fully saturated rings. The second-order valence-electron chi connectivity index (χ2n) is 6.51. The van der Waals surface area contributed by atoms with Gasteiger partial charge in [0.1, 0.15) is 6.04 Å². The Morgan fingerprint density at radius 1 is 0.880 bits per heavy atom. The van der Waals surface area contributed by atoms with Crippen LogP contribution in [0.5, 0.6) is 0 Å². The van der Waals surface area contributed by atoms with E-state index in [0.29, 0.717) is 5.69 Å². The molecule has 0 unspecified atom stereocenters. The van der Waals surface area contributed by atoms with Crippen LogP contribution >= 0.6 is 0 Å². The maximum Gasteiger partial charge on any atom is 0.242 e. The van der Waals surface area contributed by atoms with Crippen molar-refractivity contribution in [2.75, 3.05) is 5.32 Å². The van der Waals surface area contributed by atoms with Crippen molar-refractivity contribution in [3.63, 3.8) is 0 Å². The third kappa shape index (κ3) is 5.14. The Labute approximate surface area is 149 Å². The summed E-state index contributed by atoms with van der Waals surface area (Å²) in [4.78, 5) is 12.7. The predicted octanol–water partition coefficient (Wildman–Crippen LogP) is 3.25. The lowest BCUT2D eigenvalue weighted by molar-refractivity contribution is -0.118. The number of sulfonamides is 1. The lowest BCUT2D eigenvalue weighted by Gasteiger charge is -2.21. The van der Waals surface area contributed by atoms with Crippen molar-refractivity contribution >= 4 is 21.6 Å². The fourth-order valence-electron chi connectivity index (χ4n) is 2.30. The van der Waals surface area contributed by atoms with Gasteiger partial charge in [-0.05, 0) is 44.0 Å².